The normalized spacial score (nSPS) is 16.0. The van der Waals surface area contributed by atoms with Gasteiger partial charge in [0.25, 0.3) is 5.91 Å². The lowest BCUT2D eigenvalue weighted by Crippen LogP contribution is -2.37. The van der Waals surface area contributed by atoms with Crippen LogP contribution in [0.4, 0.5) is 4.39 Å². The fourth-order valence-electron chi connectivity index (χ4n) is 3.26. The predicted molar refractivity (Wildman–Crippen MR) is 98.5 cm³/mol. The van der Waals surface area contributed by atoms with Gasteiger partial charge in [-0.15, -0.1) is 0 Å². The zero-order valence-electron chi connectivity index (χ0n) is 14.3. The number of aryl methyl sites for hydroxylation is 1. The molecule has 0 saturated carbocycles. The molecule has 0 aliphatic carbocycles. The second-order valence-corrected chi connectivity index (χ2v) is 6.86. The largest absolute Gasteiger partial charge is 0.350 e. The molecule has 1 aliphatic rings. The summed E-state index contributed by atoms with van der Waals surface area (Å²) in [7, 11) is 0. The number of hydrogen-bond acceptors (Lipinski definition) is 2. The highest BCUT2D eigenvalue weighted by Crippen LogP contribution is 2.29. The van der Waals surface area contributed by atoms with Crippen LogP contribution in [0.3, 0.4) is 0 Å². The molecule has 0 spiro atoms. The maximum Gasteiger partial charge on any atom is 0.251 e. The molecular weight excluding hydrogens is 339 g/mol. The van der Waals surface area contributed by atoms with E-state index in [4.69, 9.17) is 11.6 Å². The molecule has 0 bridgehead atoms. The molecule has 5 heteroatoms. The summed E-state index contributed by atoms with van der Waals surface area (Å²) in [4.78, 5) is 14.8. The number of nitrogens with one attached hydrogen (secondary N) is 1. The van der Waals surface area contributed by atoms with E-state index in [1.165, 1.54) is 6.07 Å². The van der Waals surface area contributed by atoms with Crippen molar-refractivity contribution in [2.75, 3.05) is 19.6 Å². The SMILES string of the molecule is Cc1ccc(C(=O)NCC(c2ccccc2Cl)N2CCCC2)cc1F. The molecule has 1 unspecified atom stereocenters. The van der Waals surface area contributed by atoms with Crippen molar-refractivity contribution in [2.45, 2.75) is 25.8 Å². The third-order valence-electron chi connectivity index (χ3n) is 4.74. The van der Waals surface area contributed by atoms with Crippen molar-refractivity contribution in [2.24, 2.45) is 0 Å². The average Bonchev–Trinajstić information content (AvgIpc) is 3.13. The molecule has 1 aliphatic heterocycles. The molecule has 1 amide bonds. The molecule has 2 aromatic carbocycles. The first-order chi connectivity index (χ1) is 12.1. The van der Waals surface area contributed by atoms with Crippen LogP contribution in [-0.2, 0) is 0 Å². The van der Waals surface area contributed by atoms with Crippen molar-refractivity contribution in [1.82, 2.24) is 10.2 Å². The van der Waals surface area contributed by atoms with E-state index in [2.05, 4.69) is 10.2 Å². The van der Waals surface area contributed by atoms with Gasteiger partial charge >= 0.3 is 0 Å². The Hall–Kier alpha value is -1.91. The number of likely N-dealkylation sites (tertiary alicyclic amines) is 1. The summed E-state index contributed by atoms with van der Waals surface area (Å²) < 4.78 is 13.7. The van der Waals surface area contributed by atoms with Crippen LogP contribution in [0.5, 0.6) is 0 Å². The number of hydrogen-bond donors (Lipinski definition) is 1. The summed E-state index contributed by atoms with van der Waals surface area (Å²) in [6.45, 7) is 4.10. The molecule has 132 valence electrons. The molecule has 0 aromatic heterocycles. The van der Waals surface area contributed by atoms with Gasteiger partial charge in [0.1, 0.15) is 5.82 Å². The van der Waals surface area contributed by atoms with Gasteiger partial charge in [-0.05, 0) is 62.2 Å². The molecule has 1 fully saturated rings. The Labute approximate surface area is 152 Å². The van der Waals surface area contributed by atoms with Gasteiger partial charge in [-0.2, -0.15) is 0 Å². The first-order valence-corrected chi connectivity index (χ1v) is 8.97. The van der Waals surface area contributed by atoms with Gasteiger partial charge in [0.05, 0.1) is 6.04 Å². The van der Waals surface area contributed by atoms with Crippen molar-refractivity contribution in [3.63, 3.8) is 0 Å². The van der Waals surface area contributed by atoms with E-state index in [-0.39, 0.29) is 17.8 Å². The zero-order chi connectivity index (χ0) is 17.8. The molecule has 0 radical (unpaired) electrons. The molecular formula is C20H22ClFN2O. The quantitative estimate of drug-likeness (QED) is 0.859. The topological polar surface area (TPSA) is 32.3 Å². The fourth-order valence-corrected chi connectivity index (χ4v) is 3.52. The zero-order valence-corrected chi connectivity index (χ0v) is 15.0. The minimum atomic E-state index is -0.366. The Morgan fingerprint density at radius 1 is 1.24 bits per heavy atom. The van der Waals surface area contributed by atoms with Crippen molar-refractivity contribution in [3.8, 4) is 0 Å². The molecule has 3 rings (SSSR count). The monoisotopic (exact) mass is 360 g/mol. The van der Waals surface area contributed by atoms with Crippen LogP contribution >= 0.6 is 11.6 Å². The van der Waals surface area contributed by atoms with E-state index in [1.807, 2.05) is 24.3 Å². The second kappa shape index (κ2) is 7.98. The van der Waals surface area contributed by atoms with Crippen LogP contribution in [0.1, 0.15) is 40.4 Å². The molecule has 1 atom stereocenters. The van der Waals surface area contributed by atoms with Crippen LogP contribution < -0.4 is 5.32 Å². The van der Waals surface area contributed by atoms with Gasteiger partial charge in [-0.3, -0.25) is 9.69 Å². The number of rotatable bonds is 5. The van der Waals surface area contributed by atoms with Crippen molar-refractivity contribution < 1.29 is 9.18 Å². The van der Waals surface area contributed by atoms with Crippen molar-refractivity contribution in [1.29, 1.82) is 0 Å². The number of benzene rings is 2. The van der Waals surface area contributed by atoms with E-state index in [0.29, 0.717) is 22.7 Å². The second-order valence-electron chi connectivity index (χ2n) is 6.45. The maximum absolute atomic E-state index is 13.7. The van der Waals surface area contributed by atoms with E-state index in [1.54, 1.807) is 19.1 Å². The van der Waals surface area contributed by atoms with Crippen LogP contribution in [-0.4, -0.2) is 30.4 Å². The van der Waals surface area contributed by atoms with Crippen LogP contribution in [0, 0.1) is 12.7 Å². The van der Waals surface area contributed by atoms with Crippen molar-refractivity contribution >= 4 is 17.5 Å². The molecule has 2 aromatic rings. The van der Waals surface area contributed by atoms with Gasteiger partial charge < -0.3 is 5.32 Å². The predicted octanol–water partition coefficient (Wildman–Crippen LogP) is 4.35. The molecule has 25 heavy (non-hydrogen) atoms. The number of carbonyl (C=O) groups excluding carboxylic acids is 1. The summed E-state index contributed by atoms with van der Waals surface area (Å²) in [5.74, 6) is -0.634. The third-order valence-corrected chi connectivity index (χ3v) is 5.08. The lowest BCUT2D eigenvalue weighted by Gasteiger charge is -2.29. The fraction of sp³-hybridized carbons (Fsp3) is 0.350. The first-order valence-electron chi connectivity index (χ1n) is 8.59. The minimum absolute atomic E-state index is 0.0236. The lowest BCUT2D eigenvalue weighted by atomic mass is 10.0. The van der Waals surface area contributed by atoms with E-state index in [0.717, 1.165) is 31.5 Å². The molecule has 3 nitrogen and oxygen atoms in total. The Morgan fingerprint density at radius 3 is 2.64 bits per heavy atom. The Balaban J connectivity index is 1.75. The van der Waals surface area contributed by atoms with Crippen LogP contribution in [0.2, 0.25) is 5.02 Å². The van der Waals surface area contributed by atoms with Crippen LogP contribution in [0.15, 0.2) is 42.5 Å². The van der Waals surface area contributed by atoms with Gasteiger partial charge in [0.2, 0.25) is 0 Å². The average molecular weight is 361 g/mol. The summed E-state index contributed by atoms with van der Waals surface area (Å²) in [5, 5.41) is 3.65. The number of nitrogens with zero attached hydrogens (tertiary/aromatic N) is 1. The Morgan fingerprint density at radius 2 is 1.96 bits per heavy atom. The highest BCUT2D eigenvalue weighted by molar-refractivity contribution is 6.31. The van der Waals surface area contributed by atoms with Crippen molar-refractivity contribution in [3.05, 3.63) is 70.0 Å². The molecule has 1 N–H and O–H groups in total. The van der Waals surface area contributed by atoms with E-state index < -0.39 is 0 Å². The van der Waals surface area contributed by atoms with Gasteiger partial charge in [-0.25, -0.2) is 4.39 Å². The number of amides is 1. The summed E-state index contributed by atoms with van der Waals surface area (Å²) in [6.07, 6.45) is 2.30. The Bertz CT molecular complexity index is 759. The standard InChI is InChI=1S/C20H22ClFN2O/c1-14-8-9-15(12-18(14)22)20(25)23-13-19(24-10-4-5-11-24)16-6-2-3-7-17(16)21/h2-3,6-9,12,19H,4-5,10-11,13H2,1H3,(H,23,25). The third kappa shape index (κ3) is 4.20. The highest BCUT2D eigenvalue weighted by Gasteiger charge is 2.25. The summed E-state index contributed by atoms with van der Waals surface area (Å²) in [6, 6.07) is 12.3. The highest BCUT2D eigenvalue weighted by atomic mass is 35.5. The maximum atomic E-state index is 13.7. The first kappa shape index (κ1) is 17.9. The van der Waals surface area contributed by atoms with Gasteiger partial charge in [0, 0.05) is 17.1 Å². The van der Waals surface area contributed by atoms with Crippen LogP contribution in [0.25, 0.3) is 0 Å². The molecule has 1 heterocycles. The van der Waals surface area contributed by atoms with Gasteiger partial charge in [-0.1, -0.05) is 35.9 Å². The van der Waals surface area contributed by atoms with Gasteiger partial charge in [0.15, 0.2) is 0 Å². The lowest BCUT2D eigenvalue weighted by molar-refractivity contribution is 0.0937. The smallest absolute Gasteiger partial charge is 0.251 e. The van der Waals surface area contributed by atoms with E-state index >= 15 is 0 Å². The van der Waals surface area contributed by atoms with E-state index in [9.17, 15) is 9.18 Å². The summed E-state index contributed by atoms with van der Waals surface area (Å²) >= 11 is 6.38. The summed E-state index contributed by atoms with van der Waals surface area (Å²) in [5.41, 5.74) is 1.88. The number of halogens is 2. The molecule has 1 saturated heterocycles. The Kier molecular flexibility index (Phi) is 5.71. The number of carbonyl (C=O) groups is 1. The minimum Gasteiger partial charge on any atom is -0.350 e.